The second-order valence-corrected chi connectivity index (χ2v) is 3.97. The molecule has 0 bridgehead atoms. The monoisotopic (exact) mass is 217 g/mol. The molecule has 0 amide bonds. The molecule has 1 aromatic rings. The van der Waals surface area contributed by atoms with Gasteiger partial charge in [0.1, 0.15) is 5.78 Å². The summed E-state index contributed by atoms with van der Waals surface area (Å²) in [6, 6.07) is 7.82. The third kappa shape index (κ3) is 3.63. The van der Waals surface area contributed by atoms with Crippen LogP contribution in [0.2, 0.25) is 0 Å². The Balaban J connectivity index is 2.65. The van der Waals surface area contributed by atoms with Crippen LogP contribution in [0.25, 0.3) is 0 Å². The number of hydrogen-bond acceptors (Lipinski definition) is 2. The summed E-state index contributed by atoms with van der Waals surface area (Å²) >= 11 is 0. The van der Waals surface area contributed by atoms with Crippen molar-refractivity contribution in [2.24, 2.45) is 5.73 Å². The van der Waals surface area contributed by atoms with Gasteiger partial charge in [0.15, 0.2) is 0 Å². The number of hydrogen-bond donors (Lipinski definition) is 1. The van der Waals surface area contributed by atoms with E-state index in [1.807, 2.05) is 31.2 Å². The van der Waals surface area contributed by atoms with Gasteiger partial charge in [0, 0.05) is 19.4 Å². The molecule has 2 nitrogen and oxygen atoms in total. The van der Waals surface area contributed by atoms with Crippen LogP contribution in [0.3, 0.4) is 0 Å². The molecule has 0 radical (unpaired) electrons. The Hall–Kier alpha value is -1.41. The predicted octanol–water partition coefficient (Wildman–Crippen LogP) is 2.61. The summed E-state index contributed by atoms with van der Waals surface area (Å²) in [6.07, 6.45) is 1.81. The van der Waals surface area contributed by atoms with E-state index in [9.17, 15) is 4.79 Å². The van der Waals surface area contributed by atoms with E-state index in [-0.39, 0.29) is 5.78 Å². The van der Waals surface area contributed by atoms with Gasteiger partial charge in [0.25, 0.3) is 0 Å². The summed E-state index contributed by atoms with van der Waals surface area (Å²) in [5.74, 6) is 0.216. The van der Waals surface area contributed by atoms with Crippen LogP contribution >= 0.6 is 0 Å². The standard InChI is InChI=1S/C14H19NO/c1-3-11(2)8-14(16)9-12-6-4-5-7-13(12)10-15/h4-7H,2-3,8-10,15H2,1H3. The van der Waals surface area contributed by atoms with Gasteiger partial charge in [-0.05, 0) is 17.5 Å². The molecular weight excluding hydrogens is 198 g/mol. The summed E-state index contributed by atoms with van der Waals surface area (Å²) in [5.41, 5.74) is 8.71. The molecule has 0 aliphatic carbocycles. The van der Waals surface area contributed by atoms with E-state index < -0.39 is 0 Å². The summed E-state index contributed by atoms with van der Waals surface area (Å²) < 4.78 is 0. The maximum atomic E-state index is 11.7. The number of Topliss-reactive ketones (excluding diaryl/α,β-unsaturated/α-hetero) is 1. The minimum Gasteiger partial charge on any atom is -0.326 e. The van der Waals surface area contributed by atoms with Gasteiger partial charge in [-0.2, -0.15) is 0 Å². The lowest BCUT2D eigenvalue weighted by Gasteiger charge is -2.07. The van der Waals surface area contributed by atoms with Gasteiger partial charge in [-0.25, -0.2) is 0 Å². The van der Waals surface area contributed by atoms with Crippen molar-refractivity contribution in [3.8, 4) is 0 Å². The molecule has 0 aliphatic rings. The van der Waals surface area contributed by atoms with Gasteiger partial charge in [0.2, 0.25) is 0 Å². The van der Waals surface area contributed by atoms with Crippen molar-refractivity contribution < 1.29 is 4.79 Å². The smallest absolute Gasteiger partial charge is 0.141 e. The molecule has 2 N–H and O–H groups in total. The Labute approximate surface area is 97.2 Å². The van der Waals surface area contributed by atoms with Crippen molar-refractivity contribution in [3.05, 3.63) is 47.5 Å². The largest absolute Gasteiger partial charge is 0.326 e. The lowest BCUT2D eigenvalue weighted by molar-refractivity contribution is -0.117. The fourth-order valence-electron chi connectivity index (χ4n) is 1.61. The van der Waals surface area contributed by atoms with Gasteiger partial charge in [-0.3, -0.25) is 4.79 Å². The van der Waals surface area contributed by atoms with Crippen LogP contribution in [0.5, 0.6) is 0 Å². The number of nitrogens with two attached hydrogens (primary N) is 1. The van der Waals surface area contributed by atoms with Gasteiger partial charge in [-0.1, -0.05) is 43.3 Å². The topological polar surface area (TPSA) is 43.1 Å². The molecule has 0 unspecified atom stereocenters. The molecule has 0 fully saturated rings. The zero-order valence-electron chi connectivity index (χ0n) is 9.83. The van der Waals surface area contributed by atoms with Crippen LogP contribution in [0.15, 0.2) is 36.4 Å². The van der Waals surface area contributed by atoms with Crippen molar-refractivity contribution in [2.45, 2.75) is 32.7 Å². The van der Waals surface area contributed by atoms with Crippen molar-refractivity contribution in [3.63, 3.8) is 0 Å². The van der Waals surface area contributed by atoms with E-state index in [0.29, 0.717) is 19.4 Å². The Kier molecular flexibility index (Phi) is 4.93. The number of rotatable bonds is 6. The van der Waals surface area contributed by atoms with Gasteiger partial charge in [-0.15, -0.1) is 0 Å². The number of carbonyl (C=O) groups excluding carboxylic acids is 1. The lowest BCUT2D eigenvalue weighted by Crippen LogP contribution is -2.08. The van der Waals surface area contributed by atoms with Crippen molar-refractivity contribution in [2.75, 3.05) is 0 Å². The zero-order valence-corrected chi connectivity index (χ0v) is 9.83. The molecule has 2 heteroatoms. The molecule has 1 aromatic carbocycles. The van der Waals surface area contributed by atoms with Crippen LogP contribution in [0, 0.1) is 0 Å². The second kappa shape index (κ2) is 6.23. The Bertz CT molecular complexity index is 382. The van der Waals surface area contributed by atoms with E-state index in [0.717, 1.165) is 23.1 Å². The minimum atomic E-state index is 0.216. The summed E-state index contributed by atoms with van der Waals surface area (Å²) in [4.78, 5) is 11.7. The van der Waals surface area contributed by atoms with Crippen LogP contribution in [0.4, 0.5) is 0 Å². The molecule has 0 saturated heterocycles. The number of ketones is 1. The summed E-state index contributed by atoms with van der Waals surface area (Å²) in [6.45, 7) is 6.35. The van der Waals surface area contributed by atoms with E-state index in [2.05, 4.69) is 6.58 Å². The second-order valence-electron chi connectivity index (χ2n) is 3.97. The van der Waals surface area contributed by atoms with Gasteiger partial charge < -0.3 is 5.73 Å². The quantitative estimate of drug-likeness (QED) is 0.744. The molecule has 0 aliphatic heterocycles. The molecule has 0 saturated carbocycles. The van der Waals surface area contributed by atoms with E-state index in [1.165, 1.54) is 0 Å². The first-order valence-electron chi connectivity index (χ1n) is 5.62. The fraction of sp³-hybridized carbons (Fsp3) is 0.357. The number of benzene rings is 1. The van der Waals surface area contributed by atoms with E-state index in [4.69, 9.17) is 5.73 Å². The first kappa shape index (κ1) is 12.7. The molecule has 0 atom stereocenters. The Morgan fingerprint density at radius 2 is 1.94 bits per heavy atom. The van der Waals surface area contributed by atoms with Gasteiger partial charge >= 0.3 is 0 Å². The summed E-state index contributed by atoms with van der Waals surface area (Å²) in [5, 5.41) is 0. The Morgan fingerprint density at radius 3 is 2.50 bits per heavy atom. The van der Waals surface area contributed by atoms with Crippen LogP contribution in [-0.4, -0.2) is 5.78 Å². The zero-order chi connectivity index (χ0) is 12.0. The first-order chi connectivity index (χ1) is 7.67. The Morgan fingerprint density at radius 1 is 1.31 bits per heavy atom. The molecule has 86 valence electrons. The average molecular weight is 217 g/mol. The highest BCUT2D eigenvalue weighted by Crippen LogP contribution is 2.12. The number of allylic oxidation sites excluding steroid dienone is 1. The molecule has 0 aromatic heterocycles. The van der Waals surface area contributed by atoms with Crippen LogP contribution in [-0.2, 0) is 17.8 Å². The molecule has 1 rings (SSSR count). The van der Waals surface area contributed by atoms with Gasteiger partial charge in [0.05, 0.1) is 0 Å². The predicted molar refractivity (Wildman–Crippen MR) is 67.1 cm³/mol. The van der Waals surface area contributed by atoms with Crippen LogP contribution < -0.4 is 5.73 Å². The molecule has 0 spiro atoms. The first-order valence-corrected chi connectivity index (χ1v) is 5.62. The maximum Gasteiger partial charge on any atom is 0.141 e. The third-order valence-electron chi connectivity index (χ3n) is 2.67. The maximum absolute atomic E-state index is 11.7. The normalized spacial score (nSPS) is 10.1. The van der Waals surface area contributed by atoms with Crippen molar-refractivity contribution >= 4 is 5.78 Å². The summed E-state index contributed by atoms with van der Waals surface area (Å²) in [7, 11) is 0. The fourth-order valence-corrected chi connectivity index (χ4v) is 1.61. The van der Waals surface area contributed by atoms with Crippen molar-refractivity contribution in [1.29, 1.82) is 0 Å². The SMILES string of the molecule is C=C(CC)CC(=O)Cc1ccccc1CN. The molecule has 16 heavy (non-hydrogen) atoms. The highest BCUT2D eigenvalue weighted by molar-refractivity contribution is 5.83. The van der Waals surface area contributed by atoms with Crippen molar-refractivity contribution in [1.82, 2.24) is 0 Å². The highest BCUT2D eigenvalue weighted by Gasteiger charge is 2.07. The molecule has 0 heterocycles. The van der Waals surface area contributed by atoms with E-state index in [1.54, 1.807) is 0 Å². The third-order valence-corrected chi connectivity index (χ3v) is 2.67. The lowest BCUT2D eigenvalue weighted by atomic mass is 9.99. The molecular formula is C14H19NO. The average Bonchev–Trinajstić information content (AvgIpc) is 2.29. The highest BCUT2D eigenvalue weighted by atomic mass is 16.1. The van der Waals surface area contributed by atoms with E-state index >= 15 is 0 Å². The number of carbonyl (C=O) groups is 1. The minimum absolute atomic E-state index is 0.216. The van der Waals surface area contributed by atoms with Crippen LogP contribution in [0.1, 0.15) is 30.9 Å².